The van der Waals surface area contributed by atoms with Crippen molar-refractivity contribution in [2.24, 2.45) is 0 Å². The van der Waals surface area contributed by atoms with Gasteiger partial charge in [0.15, 0.2) is 5.69 Å². The van der Waals surface area contributed by atoms with E-state index in [1.54, 1.807) is 38.3 Å². The van der Waals surface area contributed by atoms with Crippen LogP contribution in [0.3, 0.4) is 0 Å². The lowest BCUT2D eigenvalue weighted by Gasteiger charge is -2.07. The van der Waals surface area contributed by atoms with Crippen molar-refractivity contribution < 1.29 is 18.7 Å². The summed E-state index contributed by atoms with van der Waals surface area (Å²) in [6.45, 7) is 5.88. The van der Waals surface area contributed by atoms with Crippen molar-refractivity contribution in [3.8, 4) is 0 Å². The monoisotopic (exact) mass is 345 g/mol. The molecule has 1 aromatic carbocycles. The zero-order valence-corrected chi connectivity index (χ0v) is 14.3. The summed E-state index contributed by atoms with van der Waals surface area (Å²) in [6, 6.07) is 5.73. The number of esters is 1. The number of ether oxygens (including phenoxy) is 1. The number of benzene rings is 1. The zero-order chi connectivity index (χ0) is 18.4. The third kappa shape index (κ3) is 5.27. The zero-order valence-electron chi connectivity index (χ0n) is 14.3. The van der Waals surface area contributed by atoms with Crippen molar-refractivity contribution in [1.82, 2.24) is 9.78 Å². The lowest BCUT2D eigenvalue weighted by atomic mass is 10.2. The first-order valence-electron chi connectivity index (χ1n) is 7.92. The molecule has 0 radical (unpaired) electrons. The fraction of sp³-hybridized carbons (Fsp3) is 0.278. The molecule has 132 valence electrons. The molecule has 0 saturated heterocycles. The van der Waals surface area contributed by atoms with E-state index in [2.05, 4.69) is 10.4 Å². The second-order valence-electron chi connectivity index (χ2n) is 5.58. The van der Waals surface area contributed by atoms with Gasteiger partial charge in [-0.3, -0.25) is 9.48 Å². The van der Waals surface area contributed by atoms with Gasteiger partial charge in [0.1, 0.15) is 5.82 Å². The van der Waals surface area contributed by atoms with Crippen LogP contribution in [-0.2, 0) is 16.1 Å². The maximum absolute atomic E-state index is 12.9. The fourth-order valence-electron chi connectivity index (χ4n) is 2.02. The number of nitrogens with one attached hydrogen (secondary N) is 1. The molecular formula is C18H20FN3O3. The van der Waals surface area contributed by atoms with Gasteiger partial charge >= 0.3 is 5.97 Å². The summed E-state index contributed by atoms with van der Waals surface area (Å²) in [7, 11) is 0. The lowest BCUT2D eigenvalue weighted by Crippen LogP contribution is -2.16. The molecule has 0 spiro atoms. The number of halogens is 1. The van der Waals surface area contributed by atoms with Crippen molar-refractivity contribution in [3.05, 3.63) is 53.6 Å². The van der Waals surface area contributed by atoms with Crippen molar-refractivity contribution in [2.45, 2.75) is 33.4 Å². The van der Waals surface area contributed by atoms with Gasteiger partial charge in [-0.15, -0.1) is 0 Å². The first-order chi connectivity index (χ1) is 11.9. The topological polar surface area (TPSA) is 73.2 Å². The molecule has 0 aliphatic rings. The van der Waals surface area contributed by atoms with Crippen LogP contribution in [0.5, 0.6) is 0 Å². The van der Waals surface area contributed by atoms with E-state index in [1.165, 1.54) is 22.9 Å². The third-order valence-corrected chi connectivity index (χ3v) is 3.18. The highest BCUT2D eigenvalue weighted by Gasteiger charge is 2.20. The summed E-state index contributed by atoms with van der Waals surface area (Å²) in [5.41, 5.74) is 1.01. The normalized spacial score (nSPS) is 11.1. The van der Waals surface area contributed by atoms with E-state index >= 15 is 0 Å². The van der Waals surface area contributed by atoms with Crippen molar-refractivity contribution >= 4 is 23.6 Å². The third-order valence-electron chi connectivity index (χ3n) is 3.18. The number of aromatic nitrogens is 2. The fourth-order valence-corrected chi connectivity index (χ4v) is 2.02. The number of hydrogen-bond acceptors (Lipinski definition) is 4. The smallest absolute Gasteiger partial charge is 0.361 e. The van der Waals surface area contributed by atoms with Gasteiger partial charge in [0, 0.05) is 18.8 Å². The van der Waals surface area contributed by atoms with Crippen LogP contribution in [0, 0.1) is 5.82 Å². The van der Waals surface area contributed by atoms with Gasteiger partial charge in [-0.05, 0) is 44.5 Å². The maximum Gasteiger partial charge on any atom is 0.361 e. The Morgan fingerprint density at radius 1 is 1.32 bits per heavy atom. The minimum absolute atomic E-state index is 0.0547. The number of amides is 1. The molecule has 0 atom stereocenters. The first-order valence-corrected chi connectivity index (χ1v) is 7.92. The maximum atomic E-state index is 12.9. The highest BCUT2D eigenvalue weighted by Crippen LogP contribution is 2.16. The predicted molar refractivity (Wildman–Crippen MR) is 92.5 cm³/mol. The average Bonchev–Trinajstić information content (AvgIpc) is 2.97. The Hall–Kier alpha value is -2.96. The van der Waals surface area contributed by atoms with Crippen LogP contribution in [0.15, 0.2) is 36.5 Å². The number of nitrogens with zero attached hydrogens (tertiary/aromatic N) is 2. The van der Waals surface area contributed by atoms with Crippen LogP contribution in [0.2, 0.25) is 0 Å². The minimum atomic E-state index is -0.597. The van der Waals surface area contributed by atoms with E-state index in [0.29, 0.717) is 12.1 Å². The SMILES string of the molecule is CCn1cc(NC(=O)/C=C/c2ccc(F)cc2)c(C(=O)OC(C)C)n1. The molecule has 0 aliphatic carbocycles. The Morgan fingerprint density at radius 3 is 2.60 bits per heavy atom. The number of carbonyl (C=O) groups is 2. The van der Waals surface area contributed by atoms with E-state index in [0.717, 1.165) is 0 Å². The molecule has 1 amide bonds. The summed E-state index contributed by atoms with van der Waals surface area (Å²) in [5, 5.41) is 6.74. The number of rotatable bonds is 6. The molecule has 6 nitrogen and oxygen atoms in total. The number of anilines is 1. The number of carbonyl (C=O) groups excluding carboxylic acids is 2. The molecule has 0 bridgehead atoms. The van der Waals surface area contributed by atoms with E-state index < -0.39 is 11.9 Å². The van der Waals surface area contributed by atoms with Crippen LogP contribution in [0.25, 0.3) is 6.08 Å². The van der Waals surface area contributed by atoms with Crippen molar-refractivity contribution in [1.29, 1.82) is 0 Å². The summed E-state index contributed by atoms with van der Waals surface area (Å²) in [5.74, 6) is -1.37. The highest BCUT2D eigenvalue weighted by atomic mass is 19.1. The van der Waals surface area contributed by atoms with Crippen LogP contribution in [0.1, 0.15) is 36.8 Å². The van der Waals surface area contributed by atoms with E-state index in [4.69, 9.17) is 4.74 Å². The van der Waals surface area contributed by atoms with Gasteiger partial charge in [-0.25, -0.2) is 9.18 Å². The van der Waals surface area contributed by atoms with Crippen LogP contribution >= 0.6 is 0 Å². The largest absolute Gasteiger partial charge is 0.458 e. The highest BCUT2D eigenvalue weighted by molar-refractivity contribution is 6.05. The molecule has 2 rings (SSSR count). The summed E-state index contributed by atoms with van der Waals surface area (Å²) < 4.78 is 19.5. The van der Waals surface area contributed by atoms with Gasteiger partial charge in [0.25, 0.3) is 0 Å². The second-order valence-corrected chi connectivity index (χ2v) is 5.58. The standard InChI is InChI=1S/C18H20FN3O3/c1-4-22-11-15(17(21-22)18(24)25-12(2)3)20-16(23)10-7-13-5-8-14(19)9-6-13/h5-12H,4H2,1-3H3,(H,20,23)/b10-7+. The molecule has 0 unspecified atom stereocenters. The molecule has 0 fully saturated rings. The Balaban J connectivity index is 2.12. The quantitative estimate of drug-likeness (QED) is 0.644. The number of aryl methyl sites for hydroxylation is 1. The molecule has 25 heavy (non-hydrogen) atoms. The van der Waals surface area contributed by atoms with E-state index in [1.807, 2.05) is 6.92 Å². The van der Waals surface area contributed by atoms with E-state index in [-0.39, 0.29) is 23.3 Å². The average molecular weight is 345 g/mol. The Morgan fingerprint density at radius 2 is 2.00 bits per heavy atom. The van der Waals surface area contributed by atoms with E-state index in [9.17, 15) is 14.0 Å². The summed E-state index contributed by atoms with van der Waals surface area (Å²) in [6.07, 6.45) is 4.13. The molecule has 0 aliphatic heterocycles. The molecule has 0 saturated carbocycles. The Kier molecular flexibility index (Phi) is 6.05. The van der Waals surface area contributed by atoms with Gasteiger partial charge in [0.05, 0.1) is 11.8 Å². The van der Waals surface area contributed by atoms with Gasteiger partial charge in [0.2, 0.25) is 5.91 Å². The Labute approximate surface area is 145 Å². The predicted octanol–water partition coefficient (Wildman–Crippen LogP) is 3.26. The molecule has 1 aromatic heterocycles. The van der Waals surface area contributed by atoms with Crippen LogP contribution in [0.4, 0.5) is 10.1 Å². The molecule has 1 heterocycles. The van der Waals surface area contributed by atoms with Crippen molar-refractivity contribution in [2.75, 3.05) is 5.32 Å². The van der Waals surface area contributed by atoms with Crippen LogP contribution < -0.4 is 5.32 Å². The molecular weight excluding hydrogens is 325 g/mol. The van der Waals surface area contributed by atoms with Crippen LogP contribution in [-0.4, -0.2) is 27.8 Å². The van der Waals surface area contributed by atoms with Gasteiger partial charge in [-0.2, -0.15) is 5.10 Å². The lowest BCUT2D eigenvalue weighted by molar-refractivity contribution is -0.111. The summed E-state index contributed by atoms with van der Waals surface area (Å²) >= 11 is 0. The number of hydrogen-bond donors (Lipinski definition) is 1. The van der Waals surface area contributed by atoms with Gasteiger partial charge < -0.3 is 10.1 Å². The van der Waals surface area contributed by atoms with Gasteiger partial charge in [-0.1, -0.05) is 12.1 Å². The molecule has 2 aromatic rings. The molecule has 1 N–H and O–H groups in total. The first kappa shape index (κ1) is 18.4. The molecule has 7 heteroatoms. The second kappa shape index (κ2) is 8.23. The Bertz CT molecular complexity index is 779. The minimum Gasteiger partial charge on any atom is -0.458 e. The summed E-state index contributed by atoms with van der Waals surface area (Å²) in [4.78, 5) is 24.2. The van der Waals surface area contributed by atoms with Crippen molar-refractivity contribution in [3.63, 3.8) is 0 Å².